The van der Waals surface area contributed by atoms with Crippen LogP contribution in [-0.4, -0.2) is 86.4 Å². The zero-order valence-corrected chi connectivity index (χ0v) is 16.9. The molecule has 150 valence electrons. The van der Waals surface area contributed by atoms with Gasteiger partial charge in [-0.3, -0.25) is 14.7 Å². The third-order valence-corrected chi connectivity index (χ3v) is 5.24. The van der Waals surface area contributed by atoms with Crippen molar-refractivity contribution in [3.8, 4) is 0 Å². The van der Waals surface area contributed by atoms with Crippen LogP contribution in [0.4, 0.5) is 0 Å². The van der Waals surface area contributed by atoms with Crippen LogP contribution < -0.4 is 5.32 Å². The number of nitrogens with one attached hydrogen (secondary N) is 1. The Bertz CT molecular complexity index is 464. The lowest BCUT2D eigenvalue weighted by molar-refractivity contribution is -0.149. The number of piperidine rings is 1. The minimum absolute atomic E-state index is 0.0298. The molecule has 2 saturated heterocycles. The van der Waals surface area contributed by atoms with Crippen molar-refractivity contribution < 1.29 is 14.3 Å². The molecule has 2 fully saturated rings. The van der Waals surface area contributed by atoms with Gasteiger partial charge < -0.3 is 19.7 Å². The maximum atomic E-state index is 11.9. The predicted octanol–water partition coefficient (Wildman–Crippen LogP) is 1.34. The molecule has 0 aromatic carbocycles. The normalized spacial score (nSPS) is 24.4. The van der Waals surface area contributed by atoms with Gasteiger partial charge in [-0.2, -0.15) is 0 Å². The van der Waals surface area contributed by atoms with E-state index in [1.165, 1.54) is 0 Å². The molecule has 0 spiro atoms. The van der Waals surface area contributed by atoms with E-state index >= 15 is 0 Å². The summed E-state index contributed by atoms with van der Waals surface area (Å²) in [5, 5.41) is 3.41. The smallest absolute Gasteiger partial charge is 0.309 e. The third-order valence-electron chi connectivity index (χ3n) is 5.24. The van der Waals surface area contributed by atoms with Crippen LogP contribution >= 0.6 is 0 Å². The lowest BCUT2D eigenvalue weighted by atomic mass is 9.97. The molecule has 1 N–H and O–H groups in total. The SMILES string of the molecule is CCNC(=NCC(C)N1CCOCC1C)N1CCC(C(=O)OCC)CC1. The zero-order chi connectivity index (χ0) is 18.9. The fourth-order valence-electron chi connectivity index (χ4n) is 3.73. The number of nitrogens with zero attached hydrogens (tertiary/aromatic N) is 3. The van der Waals surface area contributed by atoms with Gasteiger partial charge in [-0.1, -0.05) is 0 Å². The number of carbonyl (C=O) groups excluding carboxylic acids is 1. The summed E-state index contributed by atoms with van der Waals surface area (Å²) in [5.41, 5.74) is 0. The fourth-order valence-corrected chi connectivity index (χ4v) is 3.73. The largest absolute Gasteiger partial charge is 0.466 e. The second-order valence-electron chi connectivity index (χ2n) is 7.22. The van der Waals surface area contributed by atoms with Crippen LogP contribution in [0.1, 0.15) is 40.5 Å². The van der Waals surface area contributed by atoms with Crippen LogP contribution in [0.25, 0.3) is 0 Å². The van der Waals surface area contributed by atoms with Gasteiger partial charge in [0.05, 0.1) is 32.3 Å². The Labute approximate surface area is 158 Å². The molecule has 2 heterocycles. The first-order valence-corrected chi connectivity index (χ1v) is 10.1. The van der Waals surface area contributed by atoms with E-state index in [1.807, 2.05) is 6.92 Å². The molecule has 0 aliphatic carbocycles. The molecule has 2 aliphatic heterocycles. The van der Waals surface area contributed by atoms with Crippen molar-refractivity contribution in [1.82, 2.24) is 15.1 Å². The van der Waals surface area contributed by atoms with Crippen LogP contribution in [0.3, 0.4) is 0 Å². The maximum Gasteiger partial charge on any atom is 0.309 e. The Morgan fingerprint density at radius 3 is 2.65 bits per heavy atom. The molecular weight excluding hydrogens is 332 g/mol. The van der Waals surface area contributed by atoms with Gasteiger partial charge in [0.15, 0.2) is 5.96 Å². The molecule has 2 atom stereocenters. The summed E-state index contributed by atoms with van der Waals surface area (Å²) < 4.78 is 10.7. The summed E-state index contributed by atoms with van der Waals surface area (Å²) in [7, 11) is 0. The van der Waals surface area contributed by atoms with Crippen LogP contribution in [-0.2, 0) is 14.3 Å². The summed E-state index contributed by atoms with van der Waals surface area (Å²) in [5.74, 6) is 0.939. The van der Waals surface area contributed by atoms with Crippen LogP contribution in [0.2, 0.25) is 0 Å². The number of hydrogen-bond acceptors (Lipinski definition) is 5. The molecule has 0 aromatic heterocycles. The minimum Gasteiger partial charge on any atom is -0.466 e. The summed E-state index contributed by atoms with van der Waals surface area (Å²) >= 11 is 0. The number of esters is 1. The fraction of sp³-hybridized carbons (Fsp3) is 0.895. The number of hydrogen-bond donors (Lipinski definition) is 1. The van der Waals surface area contributed by atoms with E-state index in [-0.39, 0.29) is 11.9 Å². The molecule has 7 nitrogen and oxygen atoms in total. The number of morpholine rings is 1. The summed E-state index contributed by atoms with van der Waals surface area (Å²) in [6, 6.07) is 0.830. The Kier molecular flexibility index (Phi) is 8.65. The van der Waals surface area contributed by atoms with Crippen molar-refractivity contribution in [3.05, 3.63) is 0 Å². The standard InChI is InChI=1S/C19H36N4O3/c1-5-20-19(21-13-15(3)23-11-12-25-14-16(23)4)22-9-7-17(8-10-22)18(24)26-6-2/h15-17H,5-14H2,1-4H3,(H,20,21). The molecule has 26 heavy (non-hydrogen) atoms. The first-order valence-electron chi connectivity index (χ1n) is 10.1. The maximum absolute atomic E-state index is 11.9. The Morgan fingerprint density at radius 2 is 2.04 bits per heavy atom. The highest BCUT2D eigenvalue weighted by Gasteiger charge is 2.28. The number of rotatable bonds is 6. The van der Waals surface area contributed by atoms with Crippen LogP contribution in [0.5, 0.6) is 0 Å². The van der Waals surface area contributed by atoms with E-state index in [2.05, 4.69) is 35.9 Å². The molecule has 2 rings (SSSR count). The number of carbonyl (C=O) groups is 1. The molecular formula is C19H36N4O3. The highest BCUT2D eigenvalue weighted by atomic mass is 16.5. The van der Waals surface area contributed by atoms with Gasteiger partial charge in [-0.15, -0.1) is 0 Å². The average molecular weight is 369 g/mol. The van der Waals surface area contributed by atoms with Gasteiger partial charge in [0.2, 0.25) is 0 Å². The molecule has 0 bridgehead atoms. The minimum atomic E-state index is -0.0518. The van der Waals surface area contributed by atoms with Crippen molar-refractivity contribution in [1.29, 1.82) is 0 Å². The van der Waals surface area contributed by atoms with Gasteiger partial charge in [-0.25, -0.2) is 0 Å². The van der Waals surface area contributed by atoms with Gasteiger partial charge in [0.1, 0.15) is 0 Å². The van der Waals surface area contributed by atoms with Gasteiger partial charge >= 0.3 is 5.97 Å². The van der Waals surface area contributed by atoms with Gasteiger partial charge in [-0.05, 0) is 40.5 Å². The van der Waals surface area contributed by atoms with Crippen molar-refractivity contribution in [2.24, 2.45) is 10.9 Å². The van der Waals surface area contributed by atoms with E-state index in [9.17, 15) is 4.79 Å². The van der Waals surface area contributed by atoms with Crippen molar-refractivity contribution in [2.75, 3.05) is 52.5 Å². The Morgan fingerprint density at radius 1 is 1.31 bits per heavy atom. The second-order valence-corrected chi connectivity index (χ2v) is 7.22. The van der Waals surface area contributed by atoms with Crippen molar-refractivity contribution >= 4 is 11.9 Å². The summed E-state index contributed by atoms with van der Waals surface area (Å²) in [6.45, 7) is 14.7. The van der Waals surface area contributed by atoms with E-state index in [0.29, 0.717) is 18.7 Å². The zero-order valence-electron chi connectivity index (χ0n) is 16.9. The van der Waals surface area contributed by atoms with Crippen molar-refractivity contribution in [3.63, 3.8) is 0 Å². The highest BCUT2D eigenvalue weighted by Crippen LogP contribution is 2.19. The molecule has 0 aromatic rings. The van der Waals surface area contributed by atoms with E-state index < -0.39 is 0 Å². The molecule has 0 saturated carbocycles. The first kappa shape index (κ1) is 21.0. The molecule has 0 radical (unpaired) electrons. The lowest BCUT2D eigenvalue weighted by Gasteiger charge is -2.38. The number of likely N-dealkylation sites (tertiary alicyclic amines) is 1. The van der Waals surface area contributed by atoms with E-state index in [4.69, 9.17) is 14.5 Å². The quantitative estimate of drug-likeness (QED) is 0.434. The monoisotopic (exact) mass is 368 g/mol. The summed E-state index contributed by atoms with van der Waals surface area (Å²) in [6.07, 6.45) is 1.67. The molecule has 0 amide bonds. The highest BCUT2D eigenvalue weighted by molar-refractivity contribution is 5.80. The number of guanidine groups is 1. The lowest BCUT2D eigenvalue weighted by Crippen LogP contribution is -2.50. The first-order chi connectivity index (χ1) is 12.6. The Balaban J connectivity index is 1.89. The van der Waals surface area contributed by atoms with Crippen molar-refractivity contribution in [2.45, 2.75) is 52.6 Å². The number of aliphatic imine (C=N–C) groups is 1. The van der Waals surface area contributed by atoms with Gasteiger partial charge in [0, 0.05) is 38.3 Å². The predicted molar refractivity (Wildman–Crippen MR) is 103 cm³/mol. The molecule has 2 aliphatic rings. The van der Waals surface area contributed by atoms with Crippen LogP contribution in [0.15, 0.2) is 4.99 Å². The number of ether oxygens (including phenoxy) is 2. The molecule has 7 heteroatoms. The van der Waals surface area contributed by atoms with E-state index in [0.717, 1.165) is 64.7 Å². The summed E-state index contributed by atoms with van der Waals surface area (Å²) in [4.78, 5) is 21.6. The Hall–Kier alpha value is -1.34. The molecule has 2 unspecified atom stereocenters. The van der Waals surface area contributed by atoms with Gasteiger partial charge in [0.25, 0.3) is 0 Å². The average Bonchev–Trinajstić information content (AvgIpc) is 2.65. The third kappa shape index (κ3) is 5.84. The van der Waals surface area contributed by atoms with E-state index in [1.54, 1.807) is 0 Å². The topological polar surface area (TPSA) is 66.4 Å². The van der Waals surface area contributed by atoms with Crippen LogP contribution in [0, 0.1) is 5.92 Å². The second kappa shape index (κ2) is 10.7.